The van der Waals surface area contributed by atoms with Crippen LogP contribution in [-0.4, -0.2) is 23.9 Å². The molecular weight excluding hydrogens is 316 g/mol. The molecule has 2 aromatic rings. The SMILES string of the molecule is O=C(CN1CCC[C@@H]1c1cccs1)N[C@@H]1CCCc2ccccc21. The molecule has 1 aromatic carbocycles. The molecule has 1 aliphatic carbocycles. The Hall–Kier alpha value is -1.65. The summed E-state index contributed by atoms with van der Waals surface area (Å²) in [6.07, 6.45) is 5.69. The molecule has 0 unspecified atom stereocenters. The first-order valence-electron chi connectivity index (χ1n) is 8.96. The molecule has 4 heteroatoms. The highest BCUT2D eigenvalue weighted by Gasteiger charge is 2.29. The van der Waals surface area contributed by atoms with Crippen LogP contribution in [0.15, 0.2) is 41.8 Å². The zero-order valence-corrected chi connectivity index (χ0v) is 14.7. The molecule has 1 aromatic heterocycles. The van der Waals surface area contributed by atoms with Crippen molar-refractivity contribution in [2.24, 2.45) is 0 Å². The van der Waals surface area contributed by atoms with Crippen molar-refractivity contribution in [3.8, 4) is 0 Å². The van der Waals surface area contributed by atoms with Gasteiger partial charge < -0.3 is 5.32 Å². The number of amides is 1. The lowest BCUT2D eigenvalue weighted by Crippen LogP contribution is -2.39. The van der Waals surface area contributed by atoms with E-state index < -0.39 is 0 Å². The van der Waals surface area contributed by atoms with E-state index in [9.17, 15) is 4.79 Å². The van der Waals surface area contributed by atoms with Gasteiger partial charge in [0.25, 0.3) is 0 Å². The summed E-state index contributed by atoms with van der Waals surface area (Å²) in [6, 6.07) is 13.5. The lowest BCUT2D eigenvalue weighted by Gasteiger charge is -2.28. The smallest absolute Gasteiger partial charge is 0.234 e. The minimum atomic E-state index is 0.167. The number of hydrogen-bond acceptors (Lipinski definition) is 3. The van der Waals surface area contributed by atoms with Crippen molar-refractivity contribution in [1.29, 1.82) is 0 Å². The summed E-state index contributed by atoms with van der Waals surface area (Å²) >= 11 is 1.80. The predicted molar refractivity (Wildman–Crippen MR) is 98.1 cm³/mol. The molecule has 0 radical (unpaired) electrons. The van der Waals surface area contributed by atoms with Gasteiger partial charge in [-0.1, -0.05) is 30.3 Å². The summed E-state index contributed by atoms with van der Waals surface area (Å²) in [4.78, 5) is 16.4. The number of nitrogens with one attached hydrogen (secondary N) is 1. The highest BCUT2D eigenvalue weighted by Crippen LogP contribution is 2.34. The summed E-state index contributed by atoms with van der Waals surface area (Å²) in [5, 5.41) is 5.42. The van der Waals surface area contributed by atoms with Crippen LogP contribution in [-0.2, 0) is 11.2 Å². The third-order valence-corrected chi connectivity index (χ3v) is 6.26. The lowest BCUT2D eigenvalue weighted by molar-refractivity contribution is -0.123. The summed E-state index contributed by atoms with van der Waals surface area (Å²) in [7, 11) is 0. The third-order valence-electron chi connectivity index (χ3n) is 5.29. The molecular formula is C20H24N2OS. The van der Waals surface area contributed by atoms with Crippen LogP contribution in [0.1, 0.15) is 53.8 Å². The van der Waals surface area contributed by atoms with Gasteiger partial charge in [-0.15, -0.1) is 11.3 Å². The van der Waals surface area contributed by atoms with E-state index in [0.29, 0.717) is 12.6 Å². The van der Waals surface area contributed by atoms with Gasteiger partial charge in [0.2, 0.25) is 5.91 Å². The topological polar surface area (TPSA) is 32.3 Å². The van der Waals surface area contributed by atoms with Crippen LogP contribution in [0.25, 0.3) is 0 Å². The molecule has 0 saturated carbocycles. The monoisotopic (exact) mass is 340 g/mol. The van der Waals surface area contributed by atoms with Crippen LogP contribution < -0.4 is 5.32 Å². The van der Waals surface area contributed by atoms with E-state index in [1.165, 1.54) is 28.8 Å². The Bertz CT molecular complexity index is 697. The van der Waals surface area contributed by atoms with E-state index in [1.54, 1.807) is 11.3 Å². The zero-order valence-electron chi connectivity index (χ0n) is 13.9. The number of rotatable bonds is 4. The van der Waals surface area contributed by atoms with Crippen LogP contribution in [0.2, 0.25) is 0 Å². The molecule has 2 aliphatic rings. The predicted octanol–water partition coefficient (Wildman–Crippen LogP) is 4.08. The van der Waals surface area contributed by atoms with Crippen LogP contribution in [0.4, 0.5) is 0 Å². The molecule has 24 heavy (non-hydrogen) atoms. The third kappa shape index (κ3) is 3.26. The van der Waals surface area contributed by atoms with Crippen LogP contribution >= 0.6 is 11.3 Å². The highest BCUT2D eigenvalue weighted by atomic mass is 32.1. The van der Waals surface area contributed by atoms with Gasteiger partial charge in [-0.25, -0.2) is 0 Å². The van der Waals surface area contributed by atoms with Crippen molar-refractivity contribution in [3.63, 3.8) is 0 Å². The van der Waals surface area contributed by atoms with Gasteiger partial charge in [-0.2, -0.15) is 0 Å². The Morgan fingerprint density at radius 1 is 1.17 bits per heavy atom. The summed E-state index contributed by atoms with van der Waals surface area (Å²) in [6.45, 7) is 1.54. The molecule has 0 spiro atoms. The number of fused-ring (bicyclic) bond motifs is 1. The standard InChI is InChI=1S/C20H24N2OS/c23-20(14-22-12-4-10-18(22)19-11-5-13-24-19)21-17-9-3-7-15-6-1-2-8-16(15)17/h1-2,5-6,8,11,13,17-18H,3-4,7,9-10,12,14H2,(H,21,23)/t17-,18-/m1/s1. The van der Waals surface area contributed by atoms with E-state index in [0.717, 1.165) is 25.8 Å². The molecule has 1 N–H and O–H groups in total. The molecule has 4 rings (SSSR count). The van der Waals surface area contributed by atoms with Gasteiger partial charge in [0.1, 0.15) is 0 Å². The van der Waals surface area contributed by atoms with E-state index in [4.69, 9.17) is 0 Å². The number of likely N-dealkylation sites (tertiary alicyclic amines) is 1. The summed E-state index contributed by atoms with van der Waals surface area (Å²) in [5.41, 5.74) is 2.71. The molecule has 2 heterocycles. The molecule has 1 fully saturated rings. The molecule has 126 valence electrons. The van der Waals surface area contributed by atoms with E-state index in [1.807, 2.05) is 0 Å². The second-order valence-electron chi connectivity index (χ2n) is 6.86. The van der Waals surface area contributed by atoms with E-state index in [2.05, 4.69) is 52.0 Å². The highest BCUT2D eigenvalue weighted by molar-refractivity contribution is 7.10. The summed E-state index contributed by atoms with van der Waals surface area (Å²) in [5.74, 6) is 0.167. The normalized spacial score (nSPS) is 23.8. The van der Waals surface area contributed by atoms with Gasteiger partial charge in [0.05, 0.1) is 12.6 Å². The van der Waals surface area contributed by atoms with Crippen LogP contribution in [0.5, 0.6) is 0 Å². The van der Waals surface area contributed by atoms with Gasteiger partial charge in [0, 0.05) is 10.9 Å². The van der Waals surface area contributed by atoms with Gasteiger partial charge in [-0.3, -0.25) is 9.69 Å². The lowest BCUT2D eigenvalue weighted by atomic mass is 9.88. The maximum Gasteiger partial charge on any atom is 0.234 e. The largest absolute Gasteiger partial charge is 0.348 e. The first-order valence-corrected chi connectivity index (χ1v) is 9.84. The first kappa shape index (κ1) is 15.9. The molecule has 2 atom stereocenters. The van der Waals surface area contributed by atoms with Gasteiger partial charge in [-0.05, 0) is 61.2 Å². The molecule has 1 aliphatic heterocycles. The maximum absolute atomic E-state index is 12.6. The molecule has 3 nitrogen and oxygen atoms in total. The number of aryl methyl sites for hydroxylation is 1. The Labute approximate surface area is 147 Å². The average molecular weight is 340 g/mol. The average Bonchev–Trinajstić information content (AvgIpc) is 3.26. The van der Waals surface area contributed by atoms with Crippen molar-refractivity contribution in [1.82, 2.24) is 10.2 Å². The van der Waals surface area contributed by atoms with Crippen molar-refractivity contribution in [2.45, 2.75) is 44.2 Å². The Morgan fingerprint density at radius 3 is 2.96 bits per heavy atom. The fraction of sp³-hybridized carbons (Fsp3) is 0.450. The fourth-order valence-electron chi connectivity index (χ4n) is 4.15. The second kappa shape index (κ2) is 7.08. The van der Waals surface area contributed by atoms with Crippen molar-refractivity contribution < 1.29 is 4.79 Å². The number of hydrogen-bond donors (Lipinski definition) is 1. The number of carbonyl (C=O) groups excluding carboxylic acids is 1. The van der Waals surface area contributed by atoms with Gasteiger partial charge in [0.15, 0.2) is 0 Å². The number of carbonyl (C=O) groups is 1. The molecule has 0 bridgehead atoms. The number of benzene rings is 1. The minimum absolute atomic E-state index is 0.167. The quantitative estimate of drug-likeness (QED) is 0.909. The van der Waals surface area contributed by atoms with Crippen molar-refractivity contribution in [3.05, 3.63) is 57.8 Å². The Morgan fingerprint density at radius 2 is 2.08 bits per heavy atom. The Balaban J connectivity index is 1.41. The van der Waals surface area contributed by atoms with E-state index >= 15 is 0 Å². The molecule has 1 saturated heterocycles. The van der Waals surface area contributed by atoms with E-state index in [-0.39, 0.29) is 11.9 Å². The zero-order chi connectivity index (χ0) is 16.4. The fourth-order valence-corrected chi connectivity index (χ4v) is 5.04. The van der Waals surface area contributed by atoms with Crippen molar-refractivity contribution in [2.75, 3.05) is 13.1 Å². The van der Waals surface area contributed by atoms with Crippen molar-refractivity contribution >= 4 is 17.2 Å². The maximum atomic E-state index is 12.6. The second-order valence-corrected chi connectivity index (χ2v) is 7.83. The van der Waals surface area contributed by atoms with Crippen LogP contribution in [0, 0.1) is 0 Å². The van der Waals surface area contributed by atoms with Gasteiger partial charge >= 0.3 is 0 Å². The Kier molecular flexibility index (Phi) is 4.67. The van der Waals surface area contributed by atoms with Crippen LogP contribution in [0.3, 0.4) is 0 Å². The summed E-state index contributed by atoms with van der Waals surface area (Å²) < 4.78 is 0. The molecule has 1 amide bonds. The first-order chi connectivity index (χ1) is 11.8. The minimum Gasteiger partial charge on any atom is -0.348 e. The number of thiophene rings is 1. The number of nitrogens with zero attached hydrogens (tertiary/aromatic N) is 1.